The van der Waals surface area contributed by atoms with Crippen LogP contribution in [-0.2, 0) is 11.0 Å². The molecule has 0 aliphatic carbocycles. The van der Waals surface area contributed by atoms with Crippen molar-refractivity contribution in [2.75, 3.05) is 6.54 Å². The van der Waals surface area contributed by atoms with Gasteiger partial charge in [-0.25, -0.2) is 0 Å². The number of aliphatic hydroxyl groups excluding tert-OH is 1. The highest BCUT2D eigenvalue weighted by Gasteiger charge is 2.47. The van der Waals surface area contributed by atoms with Gasteiger partial charge in [0.1, 0.15) is 17.5 Å². The van der Waals surface area contributed by atoms with Gasteiger partial charge in [0.15, 0.2) is 5.78 Å². The summed E-state index contributed by atoms with van der Waals surface area (Å²) in [5.41, 5.74) is -2.02. The molecule has 164 valence electrons. The zero-order valence-corrected chi connectivity index (χ0v) is 17.1. The molecule has 4 rings (SSSR count). The van der Waals surface area contributed by atoms with Crippen LogP contribution < -0.4 is 4.74 Å². The van der Waals surface area contributed by atoms with Gasteiger partial charge in [0.25, 0.3) is 0 Å². The maximum absolute atomic E-state index is 13.4. The summed E-state index contributed by atoms with van der Waals surface area (Å²) >= 11 is 0. The molecule has 0 bridgehead atoms. The lowest BCUT2D eigenvalue weighted by Crippen LogP contribution is -2.53. The van der Waals surface area contributed by atoms with E-state index in [1.165, 1.54) is 30.3 Å². The average Bonchev–Trinajstić information content (AvgIpc) is 3.13. The predicted octanol–water partition coefficient (Wildman–Crippen LogP) is 4.13. The first-order valence-electron chi connectivity index (χ1n) is 10.0. The molecule has 2 aliphatic heterocycles. The van der Waals surface area contributed by atoms with Crippen molar-refractivity contribution in [3.63, 3.8) is 0 Å². The van der Waals surface area contributed by atoms with Crippen LogP contribution in [0.15, 0.2) is 42.5 Å². The minimum absolute atomic E-state index is 0.0302. The van der Waals surface area contributed by atoms with Crippen molar-refractivity contribution in [3.05, 3.63) is 64.7 Å². The standard InChI is InChI=1S/C23H22F3NO4/c1-22(2)21(30)19(27-11-5-8-18(27)28)15-12-13(9-10-17(15)31-22)20(29)14-6-3-4-7-16(14)23(24,25)26/h3-4,6-7,9-10,12,19,21,30H,5,8,11H2,1-2H3/t19-,21+/m1/s1. The summed E-state index contributed by atoms with van der Waals surface area (Å²) in [5, 5.41) is 11.0. The van der Waals surface area contributed by atoms with E-state index in [0.29, 0.717) is 30.7 Å². The first-order valence-corrected chi connectivity index (χ1v) is 10.0. The Hall–Kier alpha value is -2.87. The topological polar surface area (TPSA) is 66.8 Å². The van der Waals surface area contributed by atoms with E-state index in [2.05, 4.69) is 0 Å². The van der Waals surface area contributed by atoms with Crippen LogP contribution in [0.2, 0.25) is 0 Å². The smallest absolute Gasteiger partial charge is 0.417 e. The lowest BCUT2D eigenvalue weighted by atomic mass is 9.84. The number of nitrogens with zero attached hydrogens (tertiary/aromatic N) is 1. The Labute approximate surface area is 177 Å². The van der Waals surface area contributed by atoms with Crippen LogP contribution in [0.25, 0.3) is 0 Å². The summed E-state index contributed by atoms with van der Waals surface area (Å²) in [6, 6.07) is 8.22. The second-order valence-corrected chi connectivity index (χ2v) is 8.41. The summed E-state index contributed by atoms with van der Waals surface area (Å²) in [6.45, 7) is 3.85. The minimum Gasteiger partial charge on any atom is -0.485 e. The number of hydrogen-bond donors (Lipinski definition) is 1. The van der Waals surface area contributed by atoms with Gasteiger partial charge >= 0.3 is 6.18 Å². The fourth-order valence-electron chi connectivity index (χ4n) is 4.29. The number of aliphatic hydroxyl groups is 1. The van der Waals surface area contributed by atoms with Crippen LogP contribution in [0.4, 0.5) is 13.2 Å². The van der Waals surface area contributed by atoms with Gasteiger partial charge in [-0.05, 0) is 44.5 Å². The summed E-state index contributed by atoms with van der Waals surface area (Å²) in [5.74, 6) is -0.519. The largest absolute Gasteiger partial charge is 0.485 e. The highest BCUT2D eigenvalue weighted by Crippen LogP contribution is 2.45. The summed E-state index contributed by atoms with van der Waals surface area (Å²) in [4.78, 5) is 27.0. The molecule has 0 spiro atoms. The number of rotatable bonds is 3. The number of carbonyl (C=O) groups is 2. The van der Waals surface area contributed by atoms with Gasteiger partial charge in [-0.2, -0.15) is 13.2 Å². The molecular formula is C23H22F3NO4. The molecule has 1 N–H and O–H groups in total. The summed E-state index contributed by atoms with van der Waals surface area (Å²) < 4.78 is 46.1. The molecule has 2 heterocycles. The monoisotopic (exact) mass is 433 g/mol. The van der Waals surface area contributed by atoms with Crippen LogP contribution in [0, 0.1) is 0 Å². The Bertz CT molecular complexity index is 1050. The van der Waals surface area contributed by atoms with Crippen LogP contribution in [0.1, 0.15) is 59.8 Å². The maximum Gasteiger partial charge on any atom is 0.417 e. The number of carbonyl (C=O) groups excluding carboxylic acids is 2. The molecule has 0 saturated carbocycles. The van der Waals surface area contributed by atoms with E-state index < -0.39 is 40.8 Å². The van der Waals surface area contributed by atoms with Crippen LogP contribution in [0.5, 0.6) is 5.75 Å². The van der Waals surface area contributed by atoms with Gasteiger partial charge in [0.05, 0.1) is 11.6 Å². The average molecular weight is 433 g/mol. The third-order valence-electron chi connectivity index (χ3n) is 5.90. The van der Waals surface area contributed by atoms with Crippen LogP contribution in [-0.4, -0.2) is 39.9 Å². The van der Waals surface area contributed by atoms with Crippen molar-refractivity contribution in [1.82, 2.24) is 4.90 Å². The molecule has 8 heteroatoms. The lowest BCUT2D eigenvalue weighted by Gasteiger charge is -2.45. The quantitative estimate of drug-likeness (QED) is 0.740. The van der Waals surface area contributed by atoms with Crippen molar-refractivity contribution in [2.24, 2.45) is 0 Å². The normalized spacial score (nSPS) is 22.8. The molecule has 0 unspecified atom stereocenters. The number of benzene rings is 2. The molecule has 5 nitrogen and oxygen atoms in total. The summed E-state index contributed by atoms with van der Waals surface area (Å²) in [7, 11) is 0. The van der Waals surface area contributed by atoms with Crippen molar-refractivity contribution in [2.45, 2.75) is 50.6 Å². The molecule has 1 saturated heterocycles. The van der Waals surface area contributed by atoms with Crippen LogP contribution in [0.3, 0.4) is 0 Å². The van der Waals surface area contributed by atoms with Gasteiger partial charge in [-0.15, -0.1) is 0 Å². The zero-order chi connectivity index (χ0) is 22.6. The maximum atomic E-state index is 13.4. The molecule has 31 heavy (non-hydrogen) atoms. The number of hydrogen-bond acceptors (Lipinski definition) is 4. The van der Waals surface area contributed by atoms with E-state index in [1.807, 2.05) is 0 Å². The molecule has 2 atom stereocenters. The molecule has 2 aliphatic rings. The number of halogens is 3. The highest BCUT2D eigenvalue weighted by atomic mass is 19.4. The van der Waals surface area contributed by atoms with E-state index >= 15 is 0 Å². The lowest BCUT2D eigenvalue weighted by molar-refractivity contribution is -0.140. The fourth-order valence-corrected chi connectivity index (χ4v) is 4.29. The van der Waals surface area contributed by atoms with Gasteiger partial charge < -0.3 is 14.7 Å². The molecule has 1 amide bonds. The third-order valence-corrected chi connectivity index (χ3v) is 5.90. The Balaban J connectivity index is 1.80. The van der Waals surface area contributed by atoms with Crippen molar-refractivity contribution in [3.8, 4) is 5.75 Å². The first-order chi connectivity index (χ1) is 14.5. The van der Waals surface area contributed by atoms with Crippen molar-refractivity contribution in [1.29, 1.82) is 0 Å². The Morgan fingerprint density at radius 2 is 1.90 bits per heavy atom. The molecule has 2 aromatic rings. The van der Waals surface area contributed by atoms with E-state index in [-0.39, 0.29) is 11.5 Å². The van der Waals surface area contributed by atoms with Gasteiger partial charge in [0, 0.05) is 29.7 Å². The fraction of sp³-hybridized carbons (Fsp3) is 0.391. The SMILES string of the molecule is CC1(C)Oc2ccc(C(=O)c3ccccc3C(F)(F)F)cc2[C@@H](N2CCCC2=O)[C@@H]1O. The predicted molar refractivity (Wildman–Crippen MR) is 106 cm³/mol. The van der Waals surface area contributed by atoms with Gasteiger partial charge in [-0.1, -0.05) is 18.2 Å². The number of alkyl halides is 3. The van der Waals surface area contributed by atoms with Crippen LogP contribution >= 0.6 is 0 Å². The molecule has 1 fully saturated rings. The first kappa shape index (κ1) is 21.4. The number of ether oxygens (including phenoxy) is 1. The summed E-state index contributed by atoms with van der Waals surface area (Å²) in [6.07, 6.45) is -4.74. The molecule has 0 radical (unpaired) electrons. The number of likely N-dealkylation sites (tertiary alicyclic amines) is 1. The number of amides is 1. The van der Waals surface area contributed by atoms with E-state index in [9.17, 15) is 27.9 Å². The number of fused-ring (bicyclic) bond motifs is 1. The highest BCUT2D eigenvalue weighted by molar-refractivity contribution is 6.10. The third kappa shape index (κ3) is 3.69. The van der Waals surface area contributed by atoms with E-state index in [0.717, 1.165) is 12.1 Å². The van der Waals surface area contributed by atoms with E-state index in [4.69, 9.17) is 4.74 Å². The Morgan fingerprint density at radius 3 is 2.55 bits per heavy atom. The van der Waals surface area contributed by atoms with Crippen molar-refractivity contribution < 1.29 is 32.6 Å². The molecule has 2 aromatic carbocycles. The van der Waals surface area contributed by atoms with Gasteiger partial charge in [-0.3, -0.25) is 9.59 Å². The minimum atomic E-state index is -4.67. The van der Waals surface area contributed by atoms with Crippen molar-refractivity contribution >= 4 is 11.7 Å². The second-order valence-electron chi connectivity index (χ2n) is 8.41. The van der Waals surface area contributed by atoms with Gasteiger partial charge in [0.2, 0.25) is 5.91 Å². The second kappa shape index (κ2) is 7.37. The Morgan fingerprint density at radius 1 is 1.19 bits per heavy atom. The molecular weight excluding hydrogens is 411 g/mol. The zero-order valence-electron chi connectivity index (χ0n) is 17.1. The number of ketones is 1. The molecule has 0 aromatic heterocycles. The van der Waals surface area contributed by atoms with E-state index in [1.54, 1.807) is 18.7 Å². The Kier molecular flexibility index (Phi) is 5.08.